The Hall–Kier alpha value is -0.810. The molecule has 0 aliphatic carbocycles. The molecule has 1 aromatic carbocycles. The van der Waals surface area contributed by atoms with Crippen LogP contribution in [0.4, 0.5) is 0 Å². The van der Waals surface area contributed by atoms with Crippen molar-refractivity contribution >= 4 is 29.9 Å². The molecule has 1 saturated heterocycles. The molecule has 2 rings (SSSR count). The van der Waals surface area contributed by atoms with Gasteiger partial charge in [-0.05, 0) is 17.7 Å². The maximum absolute atomic E-state index is 11.8. The number of rotatable bonds is 3. The van der Waals surface area contributed by atoms with Crippen LogP contribution in [0, 0.1) is 0 Å². The van der Waals surface area contributed by atoms with Gasteiger partial charge in [-0.3, -0.25) is 4.79 Å². The first-order valence-electron chi connectivity index (χ1n) is 5.59. The summed E-state index contributed by atoms with van der Waals surface area (Å²) in [5.74, 6) is -0.0281. The van der Waals surface area contributed by atoms with Crippen LogP contribution < -0.4 is 10.6 Å². The average molecular weight is 291 g/mol. The van der Waals surface area contributed by atoms with Crippen molar-refractivity contribution in [2.45, 2.75) is 12.6 Å². The molecule has 4 nitrogen and oxygen atoms in total. The number of carbonyl (C=O) groups is 1. The van der Waals surface area contributed by atoms with Crippen LogP contribution in [0.25, 0.3) is 0 Å². The summed E-state index contributed by atoms with van der Waals surface area (Å²) in [4.78, 5) is 11.8. The third kappa shape index (κ3) is 4.46. The topological polar surface area (TPSA) is 50.4 Å². The van der Waals surface area contributed by atoms with Crippen molar-refractivity contribution in [2.75, 3.05) is 19.8 Å². The molecule has 2 N–H and O–H groups in total. The minimum Gasteiger partial charge on any atom is -0.378 e. The standard InChI is InChI=1S/C12H15ClN2O2.ClH/c13-10-3-1-9(2-4-10)7-15-12(16)11-8-17-6-5-14-11;/h1-4,11,14H,5-8H2,(H,15,16);1H. The Balaban J connectivity index is 0.00000162. The SMILES string of the molecule is Cl.O=C(NCc1ccc(Cl)cc1)C1COCCN1. The molecule has 100 valence electrons. The van der Waals surface area contributed by atoms with Crippen molar-refractivity contribution in [3.8, 4) is 0 Å². The van der Waals surface area contributed by atoms with Crippen LogP contribution in [0.5, 0.6) is 0 Å². The van der Waals surface area contributed by atoms with E-state index in [0.717, 1.165) is 12.1 Å². The van der Waals surface area contributed by atoms with Gasteiger partial charge in [-0.25, -0.2) is 0 Å². The van der Waals surface area contributed by atoms with E-state index in [9.17, 15) is 4.79 Å². The van der Waals surface area contributed by atoms with Gasteiger partial charge in [0.25, 0.3) is 0 Å². The first-order chi connectivity index (χ1) is 8.25. The van der Waals surface area contributed by atoms with E-state index < -0.39 is 0 Å². The van der Waals surface area contributed by atoms with E-state index in [1.165, 1.54) is 0 Å². The van der Waals surface area contributed by atoms with E-state index in [1.54, 1.807) is 0 Å². The minimum atomic E-state index is -0.240. The summed E-state index contributed by atoms with van der Waals surface area (Å²) in [5, 5.41) is 6.67. The largest absolute Gasteiger partial charge is 0.378 e. The fraction of sp³-hybridized carbons (Fsp3) is 0.417. The van der Waals surface area contributed by atoms with Gasteiger partial charge in [0.05, 0.1) is 13.2 Å². The molecule has 1 atom stereocenters. The summed E-state index contributed by atoms with van der Waals surface area (Å²) in [6.45, 7) is 2.33. The summed E-state index contributed by atoms with van der Waals surface area (Å²) in [6.07, 6.45) is 0. The Kier molecular flexibility index (Phi) is 6.43. The van der Waals surface area contributed by atoms with Crippen molar-refractivity contribution in [3.63, 3.8) is 0 Å². The van der Waals surface area contributed by atoms with E-state index in [0.29, 0.717) is 24.8 Å². The minimum absolute atomic E-state index is 0. The van der Waals surface area contributed by atoms with E-state index in [2.05, 4.69) is 10.6 Å². The van der Waals surface area contributed by atoms with Crippen LogP contribution in [-0.2, 0) is 16.1 Å². The number of carbonyl (C=O) groups excluding carboxylic acids is 1. The number of ether oxygens (including phenoxy) is 1. The summed E-state index contributed by atoms with van der Waals surface area (Å²) >= 11 is 5.78. The van der Waals surface area contributed by atoms with Crippen molar-refractivity contribution in [1.29, 1.82) is 0 Å². The fourth-order valence-corrected chi connectivity index (χ4v) is 1.77. The van der Waals surface area contributed by atoms with Crippen LogP contribution in [0.3, 0.4) is 0 Å². The second-order valence-corrected chi connectivity index (χ2v) is 4.36. The smallest absolute Gasteiger partial charge is 0.239 e. The predicted octanol–water partition coefficient (Wildman–Crippen LogP) is 1.37. The van der Waals surface area contributed by atoms with Crippen molar-refractivity contribution in [2.24, 2.45) is 0 Å². The van der Waals surface area contributed by atoms with Crippen LogP contribution in [-0.4, -0.2) is 31.7 Å². The second kappa shape index (κ2) is 7.59. The normalized spacial score (nSPS) is 18.8. The lowest BCUT2D eigenvalue weighted by atomic mass is 10.2. The number of halogens is 2. The maximum Gasteiger partial charge on any atom is 0.239 e. The fourth-order valence-electron chi connectivity index (χ4n) is 1.65. The number of hydrogen-bond acceptors (Lipinski definition) is 3. The Morgan fingerprint density at radius 3 is 2.78 bits per heavy atom. The number of benzene rings is 1. The summed E-state index contributed by atoms with van der Waals surface area (Å²) in [5.41, 5.74) is 1.03. The van der Waals surface area contributed by atoms with E-state index >= 15 is 0 Å². The molecular weight excluding hydrogens is 275 g/mol. The van der Waals surface area contributed by atoms with Gasteiger partial charge in [0.1, 0.15) is 6.04 Å². The Bertz CT molecular complexity index is 378. The summed E-state index contributed by atoms with van der Waals surface area (Å²) in [6, 6.07) is 7.17. The molecular formula is C12H16Cl2N2O2. The highest BCUT2D eigenvalue weighted by Crippen LogP contribution is 2.09. The quantitative estimate of drug-likeness (QED) is 0.884. The molecule has 18 heavy (non-hydrogen) atoms. The van der Waals surface area contributed by atoms with Crippen LogP contribution in [0.15, 0.2) is 24.3 Å². The van der Waals surface area contributed by atoms with Crippen LogP contribution >= 0.6 is 24.0 Å². The van der Waals surface area contributed by atoms with Gasteiger partial charge in [0.15, 0.2) is 0 Å². The lowest BCUT2D eigenvalue weighted by molar-refractivity contribution is -0.126. The molecule has 0 aromatic heterocycles. The molecule has 1 unspecified atom stereocenters. The van der Waals surface area contributed by atoms with Gasteiger partial charge in [0, 0.05) is 18.1 Å². The molecule has 0 bridgehead atoms. The second-order valence-electron chi connectivity index (χ2n) is 3.93. The lowest BCUT2D eigenvalue weighted by Gasteiger charge is -2.22. The highest BCUT2D eigenvalue weighted by molar-refractivity contribution is 6.30. The van der Waals surface area contributed by atoms with Gasteiger partial charge in [-0.1, -0.05) is 23.7 Å². The zero-order valence-corrected chi connectivity index (χ0v) is 11.4. The van der Waals surface area contributed by atoms with Gasteiger partial charge in [-0.15, -0.1) is 12.4 Å². The number of morpholine rings is 1. The van der Waals surface area contributed by atoms with E-state index in [1.807, 2.05) is 24.3 Å². The predicted molar refractivity (Wildman–Crippen MR) is 73.2 cm³/mol. The lowest BCUT2D eigenvalue weighted by Crippen LogP contribution is -2.51. The zero-order chi connectivity index (χ0) is 12.1. The molecule has 0 spiro atoms. The molecule has 6 heteroatoms. The van der Waals surface area contributed by atoms with Crippen molar-refractivity contribution in [3.05, 3.63) is 34.9 Å². The summed E-state index contributed by atoms with van der Waals surface area (Å²) < 4.78 is 5.23. The number of hydrogen-bond donors (Lipinski definition) is 2. The molecule has 1 heterocycles. The highest BCUT2D eigenvalue weighted by Gasteiger charge is 2.20. The molecule has 0 saturated carbocycles. The zero-order valence-electron chi connectivity index (χ0n) is 9.82. The highest BCUT2D eigenvalue weighted by atomic mass is 35.5. The Labute approximate surface area is 117 Å². The first-order valence-corrected chi connectivity index (χ1v) is 5.97. The maximum atomic E-state index is 11.8. The molecule has 1 amide bonds. The number of amides is 1. The molecule has 1 fully saturated rings. The third-order valence-electron chi connectivity index (χ3n) is 2.62. The monoisotopic (exact) mass is 290 g/mol. The first kappa shape index (κ1) is 15.2. The van der Waals surface area contributed by atoms with Gasteiger partial charge >= 0.3 is 0 Å². The van der Waals surface area contributed by atoms with Gasteiger partial charge in [0.2, 0.25) is 5.91 Å². The molecule has 1 aliphatic rings. The van der Waals surface area contributed by atoms with Crippen molar-refractivity contribution in [1.82, 2.24) is 10.6 Å². The summed E-state index contributed by atoms with van der Waals surface area (Å²) in [7, 11) is 0. The molecule has 1 aromatic rings. The van der Waals surface area contributed by atoms with Crippen LogP contribution in [0.2, 0.25) is 5.02 Å². The van der Waals surface area contributed by atoms with E-state index in [-0.39, 0.29) is 24.4 Å². The number of nitrogens with one attached hydrogen (secondary N) is 2. The van der Waals surface area contributed by atoms with Gasteiger partial charge in [-0.2, -0.15) is 0 Å². The Morgan fingerprint density at radius 2 is 2.17 bits per heavy atom. The van der Waals surface area contributed by atoms with Crippen LogP contribution in [0.1, 0.15) is 5.56 Å². The van der Waals surface area contributed by atoms with E-state index in [4.69, 9.17) is 16.3 Å². The molecule has 1 aliphatic heterocycles. The Morgan fingerprint density at radius 1 is 1.44 bits per heavy atom. The molecule has 0 radical (unpaired) electrons. The van der Waals surface area contributed by atoms with Gasteiger partial charge < -0.3 is 15.4 Å². The van der Waals surface area contributed by atoms with Crippen molar-refractivity contribution < 1.29 is 9.53 Å². The average Bonchev–Trinajstić information content (AvgIpc) is 2.39. The third-order valence-corrected chi connectivity index (χ3v) is 2.87.